The van der Waals surface area contributed by atoms with Crippen LogP contribution in [0.1, 0.15) is 24.8 Å². The molecule has 0 saturated heterocycles. The molecule has 0 spiro atoms. The Morgan fingerprint density at radius 2 is 1.88 bits per heavy atom. The molecule has 0 atom stereocenters. The number of ether oxygens (including phenoxy) is 1. The lowest BCUT2D eigenvalue weighted by atomic mass is 10.0. The number of methoxy groups -OCH3 is 1. The Balaban J connectivity index is 2.71. The van der Waals surface area contributed by atoms with Crippen LogP contribution < -0.4 is 4.74 Å². The lowest BCUT2D eigenvalue weighted by Gasteiger charge is -2.06. The van der Waals surface area contributed by atoms with Gasteiger partial charge in [-0.15, -0.1) is 0 Å². The molecule has 0 aliphatic carbocycles. The minimum absolute atomic E-state index is 0.853. The van der Waals surface area contributed by atoms with E-state index in [4.69, 9.17) is 9.57 Å². The van der Waals surface area contributed by atoms with Crippen molar-refractivity contribution in [3.05, 3.63) is 29.8 Å². The third-order valence-corrected chi connectivity index (χ3v) is 2.98. The third-order valence-electron chi connectivity index (χ3n) is 2.42. The van der Waals surface area contributed by atoms with Crippen LogP contribution in [-0.4, -0.2) is 25.3 Å². The zero-order chi connectivity index (χ0) is 12.5. The van der Waals surface area contributed by atoms with Crippen LogP contribution in [0, 0.1) is 0 Å². The summed E-state index contributed by atoms with van der Waals surface area (Å²) in [5.74, 6) is 0.853. The molecule has 0 aliphatic rings. The van der Waals surface area contributed by atoms with Crippen LogP contribution in [0.3, 0.4) is 0 Å². The second-order valence-corrected chi connectivity index (χ2v) is 4.39. The highest BCUT2D eigenvalue weighted by atomic mass is 79.9. The number of nitrogens with zero attached hydrogens (tertiary/aromatic N) is 1. The van der Waals surface area contributed by atoms with Gasteiger partial charge in [0.2, 0.25) is 0 Å². The van der Waals surface area contributed by atoms with Gasteiger partial charge in [-0.3, -0.25) is 0 Å². The van der Waals surface area contributed by atoms with Gasteiger partial charge >= 0.3 is 0 Å². The van der Waals surface area contributed by atoms with Crippen molar-refractivity contribution in [1.82, 2.24) is 0 Å². The van der Waals surface area contributed by atoms with E-state index in [1.807, 2.05) is 24.3 Å². The second kappa shape index (κ2) is 8.12. The van der Waals surface area contributed by atoms with Crippen molar-refractivity contribution in [3.63, 3.8) is 0 Å². The molecule has 0 aromatic heterocycles. The first kappa shape index (κ1) is 14.0. The van der Waals surface area contributed by atoms with Gasteiger partial charge in [0.25, 0.3) is 0 Å². The van der Waals surface area contributed by atoms with E-state index in [1.165, 1.54) is 0 Å². The van der Waals surface area contributed by atoms with Crippen molar-refractivity contribution in [1.29, 1.82) is 0 Å². The first-order valence-corrected chi connectivity index (χ1v) is 6.74. The maximum absolute atomic E-state index is 5.13. The van der Waals surface area contributed by atoms with Gasteiger partial charge in [-0.25, -0.2) is 0 Å². The largest absolute Gasteiger partial charge is 0.497 e. The molecule has 4 heteroatoms. The molecule has 3 nitrogen and oxygen atoms in total. The van der Waals surface area contributed by atoms with Gasteiger partial charge in [0.05, 0.1) is 12.8 Å². The number of halogens is 1. The lowest BCUT2D eigenvalue weighted by Crippen LogP contribution is -2.02. The monoisotopic (exact) mass is 299 g/mol. The van der Waals surface area contributed by atoms with Crippen LogP contribution >= 0.6 is 15.9 Å². The Morgan fingerprint density at radius 1 is 1.18 bits per heavy atom. The number of hydrogen-bond donors (Lipinski definition) is 0. The van der Waals surface area contributed by atoms with E-state index >= 15 is 0 Å². The molecule has 1 aromatic rings. The van der Waals surface area contributed by atoms with Crippen molar-refractivity contribution >= 4 is 21.6 Å². The van der Waals surface area contributed by atoms with Gasteiger partial charge in [-0.1, -0.05) is 21.1 Å². The van der Waals surface area contributed by atoms with E-state index in [2.05, 4.69) is 21.1 Å². The number of hydrogen-bond acceptors (Lipinski definition) is 3. The van der Waals surface area contributed by atoms with E-state index < -0.39 is 0 Å². The summed E-state index contributed by atoms with van der Waals surface area (Å²) in [6.07, 6.45) is 3.16. The van der Waals surface area contributed by atoms with Crippen molar-refractivity contribution in [2.45, 2.75) is 19.3 Å². The molecule has 0 saturated carbocycles. The molecular weight excluding hydrogens is 282 g/mol. The summed E-state index contributed by atoms with van der Waals surface area (Å²) in [4.78, 5) is 4.89. The summed E-state index contributed by atoms with van der Waals surface area (Å²) in [7, 11) is 3.24. The molecule has 0 heterocycles. The van der Waals surface area contributed by atoms with Crippen LogP contribution in [0.2, 0.25) is 0 Å². The zero-order valence-electron chi connectivity index (χ0n) is 10.3. The molecular formula is C13H18BrNO2. The normalized spacial score (nSPS) is 11.4. The fourth-order valence-electron chi connectivity index (χ4n) is 1.52. The fourth-order valence-corrected chi connectivity index (χ4v) is 1.92. The van der Waals surface area contributed by atoms with E-state index in [0.717, 1.165) is 41.6 Å². The molecule has 0 unspecified atom stereocenters. The standard InChI is InChI=1S/C13H18BrNO2/c1-16-12-8-6-11(7-9-12)13(15-17-2)5-3-4-10-14/h6-9H,3-5,10H2,1-2H3. The maximum Gasteiger partial charge on any atom is 0.118 e. The third kappa shape index (κ3) is 4.77. The Morgan fingerprint density at radius 3 is 2.41 bits per heavy atom. The van der Waals surface area contributed by atoms with Gasteiger partial charge in [-0.2, -0.15) is 0 Å². The van der Waals surface area contributed by atoms with Crippen LogP contribution in [0.4, 0.5) is 0 Å². The zero-order valence-corrected chi connectivity index (χ0v) is 11.9. The van der Waals surface area contributed by atoms with E-state index in [0.29, 0.717) is 0 Å². The summed E-state index contributed by atoms with van der Waals surface area (Å²) in [6, 6.07) is 7.88. The molecule has 94 valence electrons. The number of rotatable bonds is 7. The van der Waals surface area contributed by atoms with Gasteiger partial charge in [0.15, 0.2) is 0 Å². The summed E-state index contributed by atoms with van der Waals surface area (Å²) >= 11 is 3.43. The molecule has 0 radical (unpaired) electrons. The number of alkyl halides is 1. The predicted molar refractivity (Wildman–Crippen MR) is 74.2 cm³/mol. The van der Waals surface area contributed by atoms with Crippen molar-refractivity contribution in [2.24, 2.45) is 5.16 Å². The summed E-state index contributed by atoms with van der Waals surface area (Å²) in [5.41, 5.74) is 2.07. The van der Waals surface area contributed by atoms with Crippen LogP contribution in [-0.2, 0) is 4.84 Å². The molecule has 0 bridgehead atoms. The molecule has 0 amide bonds. The van der Waals surface area contributed by atoms with Gasteiger partial charge in [0.1, 0.15) is 12.9 Å². The van der Waals surface area contributed by atoms with Crippen LogP contribution in [0.25, 0.3) is 0 Å². The van der Waals surface area contributed by atoms with Gasteiger partial charge in [0, 0.05) is 5.33 Å². The smallest absolute Gasteiger partial charge is 0.118 e. The van der Waals surface area contributed by atoms with Crippen molar-refractivity contribution in [3.8, 4) is 5.75 Å². The number of benzene rings is 1. The second-order valence-electron chi connectivity index (χ2n) is 3.60. The summed E-state index contributed by atoms with van der Waals surface area (Å²) in [5, 5.41) is 5.11. The van der Waals surface area contributed by atoms with E-state index in [-0.39, 0.29) is 0 Å². The first-order chi connectivity index (χ1) is 8.31. The number of oxime groups is 1. The molecule has 0 aliphatic heterocycles. The summed E-state index contributed by atoms with van der Waals surface area (Å²) < 4.78 is 5.13. The summed E-state index contributed by atoms with van der Waals surface area (Å²) in [6.45, 7) is 0. The lowest BCUT2D eigenvalue weighted by molar-refractivity contribution is 0.212. The highest BCUT2D eigenvalue weighted by molar-refractivity contribution is 9.09. The minimum atomic E-state index is 0.853. The van der Waals surface area contributed by atoms with Crippen molar-refractivity contribution in [2.75, 3.05) is 19.5 Å². The average molecular weight is 300 g/mol. The Bertz CT molecular complexity index is 349. The van der Waals surface area contributed by atoms with Gasteiger partial charge in [-0.05, 0) is 49.1 Å². The van der Waals surface area contributed by atoms with Crippen LogP contribution in [0.15, 0.2) is 29.4 Å². The predicted octanol–water partition coefficient (Wildman–Crippen LogP) is 3.61. The first-order valence-electron chi connectivity index (χ1n) is 5.62. The highest BCUT2D eigenvalue weighted by Gasteiger charge is 2.04. The average Bonchev–Trinajstić information content (AvgIpc) is 2.38. The molecule has 1 rings (SSSR count). The van der Waals surface area contributed by atoms with Crippen LogP contribution in [0.5, 0.6) is 5.75 Å². The fraction of sp³-hybridized carbons (Fsp3) is 0.462. The highest BCUT2D eigenvalue weighted by Crippen LogP contribution is 2.15. The Kier molecular flexibility index (Phi) is 6.70. The quantitative estimate of drug-likeness (QED) is 0.333. The Labute approximate surface area is 111 Å². The van der Waals surface area contributed by atoms with Gasteiger partial charge < -0.3 is 9.57 Å². The molecule has 0 N–H and O–H groups in total. The molecule has 17 heavy (non-hydrogen) atoms. The van der Waals surface area contributed by atoms with Crippen molar-refractivity contribution < 1.29 is 9.57 Å². The number of unbranched alkanes of at least 4 members (excludes halogenated alkanes) is 1. The molecule has 0 fully saturated rings. The molecule has 1 aromatic carbocycles. The Hall–Kier alpha value is -1.03. The SMILES string of the molecule is CON=C(CCCCBr)c1ccc(OC)cc1. The van der Waals surface area contributed by atoms with E-state index in [1.54, 1.807) is 14.2 Å². The maximum atomic E-state index is 5.13. The topological polar surface area (TPSA) is 30.8 Å². The minimum Gasteiger partial charge on any atom is -0.497 e. The van der Waals surface area contributed by atoms with E-state index in [9.17, 15) is 0 Å².